The molecule has 0 amide bonds. The van der Waals surface area contributed by atoms with Gasteiger partial charge >= 0.3 is 87.1 Å². The van der Waals surface area contributed by atoms with Gasteiger partial charge in [0.1, 0.15) is 0 Å². The molecule has 15 nitrogen and oxygen atoms in total. The van der Waals surface area contributed by atoms with Gasteiger partial charge in [-0.3, -0.25) is 0 Å². The van der Waals surface area contributed by atoms with Crippen LogP contribution in [0, 0.1) is 0 Å². The molecule has 11 bridgehead atoms. The maximum atomic E-state index is 7.38. The second-order valence-electron chi connectivity index (χ2n) is 11.3. The fourth-order valence-corrected chi connectivity index (χ4v) is 66.5. The minimum absolute atomic E-state index is 0.127. The summed E-state index contributed by atoms with van der Waals surface area (Å²) in [4.78, 5) is 0. The first-order chi connectivity index (χ1) is 22.2. The van der Waals surface area contributed by atoms with Gasteiger partial charge in [-0.25, -0.2) is 0 Å². The molecular weight excluding hydrogens is 785 g/mol. The van der Waals surface area contributed by atoms with Gasteiger partial charge in [-0.2, -0.15) is 0 Å². The summed E-state index contributed by atoms with van der Waals surface area (Å²) < 4.78 is 106. The van der Waals surface area contributed by atoms with Gasteiger partial charge in [0.2, 0.25) is 0 Å². The molecule has 7 rings (SSSR count). The molecule has 0 N–H and O–H groups in total. The number of hydrogen-bond donors (Lipinski definition) is 0. The maximum absolute atomic E-state index is 7.38. The molecule has 25 heteroatoms. The number of fused-ring (bicyclic) bond motifs is 8. The average Bonchev–Trinajstić information content (AvgIpc) is 3.13. The summed E-state index contributed by atoms with van der Waals surface area (Å²) in [5, 5.41) is -3.92. The van der Waals surface area contributed by atoms with Crippen molar-refractivity contribution in [1.82, 2.24) is 0 Å². The minimum Gasteiger partial charge on any atom is -0.402 e. The van der Waals surface area contributed by atoms with Gasteiger partial charge in [0, 0.05) is 6.04 Å². The van der Waals surface area contributed by atoms with Gasteiger partial charge in [-0.1, -0.05) is 38.1 Å². The third kappa shape index (κ3) is 3.51. The van der Waals surface area contributed by atoms with Gasteiger partial charge < -0.3 is 63.0 Å². The Kier molecular flexibility index (Phi) is 6.79. The van der Waals surface area contributed by atoms with E-state index in [4.69, 9.17) is 63.0 Å². The summed E-state index contributed by atoms with van der Waals surface area (Å²) in [7, 11) is -43.5. The molecule has 7 heterocycles. The van der Waals surface area contributed by atoms with Crippen LogP contribution in [-0.4, -0.2) is 97.1 Å². The van der Waals surface area contributed by atoms with Crippen LogP contribution in [0.25, 0.3) is 0 Å². The third-order valence-corrected chi connectivity index (χ3v) is 53.3. The SMILES string of the molecule is C=C[Si]12OC34O[Si](C=C)(O1)O[Si]1(C=C)O[Si]5(C=C)OC6(O[Si]7(CC)O[Si](C=C)(O2)O[Si](C=C)(O[Si](C=C)(O5)O7)O[Si]36C=C)[Si]4(C=C)O1. The summed E-state index contributed by atoms with van der Waals surface area (Å²) >= 11 is 0. The first kappa shape index (κ1) is 33.4. The summed E-state index contributed by atoms with van der Waals surface area (Å²) in [5.74, 6) is 0. The molecule has 0 aromatic carbocycles. The second kappa shape index (κ2) is 9.55. The van der Waals surface area contributed by atoms with E-state index in [9.17, 15) is 0 Å². The lowest BCUT2D eigenvalue weighted by Crippen LogP contribution is -3.07. The van der Waals surface area contributed by atoms with Crippen molar-refractivity contribution in [3.63, 3.8) is 0 Å². The minimum atomic E-state index is -4.44. The number of rotatable bonds is 10. The van der Waals surface area contributed by atoms with E-state index >= 15 is 0 Å². The molecule has 12 atom stereocenters. The predicted molar refractivity (Wildman–Crippen MR) is 182 cm³/mol. The van der Waals surface area contributed by atoms with Crippen LogP contribution in [0.5, 0.6) is 0 Å². The van der Waals surface area contributed by atoms with Gasteiger partial charge in [0.25, 0.3) is 0 Å². The third-order valence-electron chi connectivity index (χ3n) is 9.06. The van der Waals surface area contributed by atoms with Crippen molar-refractivity contribution in [3.05, 3.63) is 111 Å². The average molecular weight is 817 g/mol. The molecule has 7 saturated heterocycles. The molecule has 250 valence electrons. The van der Waals surface area contributed by atoms with Crippen molar-refractivity contribution >= 4 is 87.1 Å². The Morgan fingerprint density at radius 3 is 0.936 bits per heavy atom. The summed E-state index contributed by atoms with van der Waals surface area (Å²) in [6.45, 7) is 38.9. The van der Waals surface area contributed by atoms with Gasteiger partial charge in [-0.15, -0.1) is 39.5 Å². The standard InChI is InChI=1S/C22H32O15Si10/c1-11-38-21-23-40(13-3)29-41(14-4,24-21)32-46(19-9)34-43(16-6)26-22(38)25-42(15-5,31-44(17-7,27-38)30-40)33-47(20-10,35-43)37-45(18-8,36-46)28-39(21,22)12-2/h11-15,17-20H,1-5,7-10,16H2,6H3. The lowest BCUT2D eigenvalue weighted by atomic mass is 11.0. The molecule has 0 aliphatic carbocycles. The quantitative estimate of drug-likeness (QED) is 0.297. The van der Waals surface area contributed by atoms with Crippen molar-refractivity contribution in [2.75, 3.05) is 0 Å². The van der Waals surface area contributed by atoms with Crippen LogP contribution < -0.4 is 0 Å². The normalized spacial score (nSPS) is 58.9. The van der Waals surface area contributed by atoms with Gasteiger partial charge in [0.05, 0.1) is 0 Å². The molecule has 0 saturated carbocycles. The van der Waals surface area contributed by atoms with Crippen LogP contribution in [0.15, 0.2) is 111 Å². The highest BCUT2D eigenvalue weighted by molar-refractivity contribution is 7.25. The molecule has 7 aliphatic heterocycles. The molecule has 47 heavy (non-hydrogen) atoms. The Labute approximate surface area is 282 Å². The predicted octanol–water partition coefficient (Wildman–Crippen LogP) is 1.84. The first-order valence-corrected chi connectivity index (χ1v) is 33.0. The van der Waals surface area contributed by atoms with Crippen molar-refractivity contribution < 1.29 is 63.0 Å². The Morgan fingerprint density at radius 1 is 0.362 bits per heavy atom. The Morgan fingerprint density at radius 2 is 0.638 bits per heavy atom. The largest absolute Gasteiger partial charge is 0.516 e. The summed E-state index contributed by atoms with van der Waals surface area (Å²) in [6, 6.07) is 0.127. The van der Waals surface area contributed by atoms with Crippen molar-refractivity contribution in [2.45, 2.75) is 23.0 Å². The smallest absolute Gasteiger partial charge is 0.402 e. The Balaban J connectivity index is 1.66. The highest BCUT2D eigenvalue weighted by Crippen LogP contribution is 2.71. The van der Waals surface area contributed by atoms with Crippen molar-refractivity contribution in [3.8, 4) is 0 Å². The maximum Gasteiger partial charge on any atom is 0.516 e. The van der Waals surface area contributed by atoms with Crippen molar-refractivity contribution in [1.29, 1.82) is 0 Å². The lowest BCUT2D eigenvalue weighted by molar-refractivity contribution is -0.180. The van der Waals surface area contributed by atoms with E-state index in [-0.39, 0.29) is 6.04 Å². The molecule has 0 aromatic rings. The van der Waals surface area contributed by atoms with Crippen LogP contribution in [0.3, 0.4) is 0 Å². The van der Waals surface area contributed by atoms with E-state index in [0.29, 0.717) is 0 Å². The van der Waals surface area contributed by atoms with Crippen LogP contribution in [-0.2, 0) is 63.0 Å². The summed E-state index contributed by atoms with van der Waals surface area (Å²) in [5.41, 5.74) is 13.0. The van der Waals surface area contributed by atoms with E-state index < -0.39 is 97.1 Å². The van der Waals surface area contributed by atoms with Crippen molar-refractivity contribution in [2.24, 2.45) is 0 Å². The van der Waals surface area contributed by atoms with Gasteiger partial charge in [-0.05, 0) is 39.9 Å². The molecule has 7 aliphatic rings. The molecular formula is C22H32O15Si10. The molecule has 12 unspecified atom stereocenters. The zero-order chi connectivity index (χ0) is 33.7. The van der Waals surface area contributed by atoms with Crippen LogP contribution in [0.2, 0.25) is 6.04 Å². The van der Waals surface area contributed by atoms with Gasteiger partial charge in [0.15, 0.2) is 10.1 Å². The van der Waals surface area contributed by atoms with Crippen LogP contribution >= 0.6 is 0 Å². The Bertz CT molecular complexity index is 1630. The van der Waals surface area contributed by atoms with E-state index in [1.54, 1.807) is 11.4 Å². The molecule has 7 fully saturated rings. The molecule has 2 spiro atoms. The van der Waals surface area contributed by atoms with Crippen LogP contribution in [0.4, 0.5) is 0 Å². The van der Waals surface area contributed by atoms with E-state index in [1.165, 1.54) is 39.9 Å². The molecule has 0 radical (unpaired) electrons. The second-order valence-corrected chi connectivity index (χ2v) is 41.9. The van der Waals surface area contributed by atoms with Crippen LogP contribution in [0.1, 0.15) is 6.92 Å². The topological polar surface area (TPSA) is 138 Å². The zero-order valence-electron chi connectivity index (χ0n) is 25.4. The fourth-order valence-electron chi connectivity index (χ4n) is 7.14. The monoisotopic (exact) mass is 816 g/mol. The lowest BCUT2D eigenvalue weighted by Gasteiger charge is -2.74. The number of hydrogen-bond acceptors (Lipinski definition) is 15. The highest BCUT2D eigenvalue weighted by Gasteiger charge is 3.06. The van der Waals surface area contributed by atoms with E-state index in [2.05, 4.69) is 59.2 Å². The highest BCUT2D eigenvalue weighted by atomic mass is 28.6. The molecule has 0 aromatic heterocycles. The van der Waals surface area contributed by atoms with E-state index in [0.717, 1.165) is 0 Å². The zero-order valence-corrected chi connectivity index (χ0v) is 35.4. The fraction of sp³-hybridized carbons (Fsp3) is 0.182. The Hall–Kier alpha value is -0.771. The summed E-state index contributed by atoms with van der Waals surface area (Å²) in [6.07, 6.45) is 0. The van der Waals surface area contributed by atoms with E-state index in [1.807, 2.05) is 6.92 Å². The first-order valence-electron chi connectivity index (χ1n) is 14.5.